The fraction of sp³-hybridized carbons (Fsp3) is 0.857. The molecule has 0 spiro atoms. The van der Waals surface area contributed by atoms with Gasteiger partial charge in [-0.1, -0.05) is 64.0 Å². The van der Waals surface area contributed by atoms with E-state index in [-0.39, 0.29) is 5.54 Å². The molecule has 0 bridgehead atoms. The summed E-state index contributed by atoms with van der Waals surface area (Å²) in [5.41, 5.74) is 6.39. The predicted octanol–water partition coefficient (Wildman–Crippen LogP) is 4.17. The Labute approximate surface area is 95.1 Å². The van der Waals surface area contributed by atoms with Crippen molar-refractivity contribution >= 4 is 0 Å². The largest absolute Gasteiger partial charge is 0.325 e. The molecule has 1 aliphatic rings. The van der Waals surface area contributed by atoms with Crippen molar-refractivity contribution in [1.82, 2.24) is 0 Å². The second-order valence-electron chi connectivity index (χ2n) is 5.11. The van der Waals surface area contributed by atoms with E-state index in [0.717, 1.165) is 12.8 Å². The zero-order valence-electron chi connectivity index (χ0n) is 10.3. The third kappa shape index (κ3) is 5.36. The van der Waals surface area contributed by atoms with Crippen molar-refractivity contribution in [2.75, 3.05) is 0 Å². The van der Waals surface area contributed by atoms with Crippen molar-refractivity contribution in [2.24, 2.45) is 5.73 Å². The smallest absolute Gasteiger partial charge is 0.0224 e. The molecule has 0 unspecified atom stereocenters. The van der Waals surface area contributed by atoms with Crippen molar-refractivity contribution in [3.05, 3.63) is 12.2 Å². The highest BCUT2D eigenvalue weighted by Gasteiger charge is 2.24. The quantitative estimate of drug-likeness (QED) is 0.471. The van der Waals surface area contributed by atoms with E-state index in [1.54, 1.807) is 0 Å². The monoisotopic (exact) mass is 209 g/mol. The summed E-state index contributed by atoms with van der Waals surface area (Å²) in [6.07, 6.45) is 17.6. The number of hydrogen-bond acceptors (Lipinski definition) is 1. The van der Waals surface area contributed by atoms with Gasteiger partial charge < -0.3 is 5.73 Å². The van der Waals surface area contributed by atoms with Gasteiger partial charge in [-0.25, -0.2) is 0 Å². The molecule has 0 fully saturated rings. The number of hydrogen-bond donors (Lipinski definition) is 1. The molecular weight excluding hydrogens is 182 g/mol. The summed E-state index contributed by atoms with van der Waals surface area (Å²) in [4.78, 5) is 0. The van der Waals surface area contributed by atoms with Crippen LogP contribution >= 0.6 is 0 Å². The van der Waals surface area contributed by atoms with Gasteiger partial charge in [0.15, 0.2) is 0 Å². The molecule has 0 atom stereocenters. The molecule has 1 aliphatic carbocycles. The molecule has 0 saturated heterocycles. The molecule has 0 aromatic carbocycles. The average Bonchev–Trinajstić information content (AvgIpc) is 2.64. The molecular formula is C14H27N. The highest BCUT2D eigenvalue weighted by molar-refractivity contribution is 5.06. The predicted molar refractivity (Wildman–Crippen MR) is 67.9 cm³/mol. The molecule has 0 aromatic rings. The molecule has 1 heteroatoms. The number of unbranched alkanes of at least 4 members (excludes halogenated alkanes) is 6. The first kappa shape index (κ1) is 12.8. The van der Waals surface area contributed by atoms with Crippen LogP contribution in [0.5, 0.6) is 0 Å². The van der Waals surface area contributed by atoms with E-state index < -0.39 is 0 Å². The van der Waals surface area contributed by atoms with E-state index in [2.05, 4.69) is 19.1 Å². The van der Waals surface area contributed by atoms with Crippen LogP contribution in [0.15, 0.2) is 12.2 Å². The maximum Gasteiger partial charge on any atom is 0.0224 e. The van der Waals surface area contributed by atoms with Crippen molar-refractivity contribution in [2.45, 2.75) is 76.7 Å². The normalized spacial score (nSPS) is 18.5. The van der Waals surface area contributed by atoms with Gasteiger partial charge in [-0.05, 0) is 19.3 Å². The molecule has 1 rings (SSSR count). The molecule has 88 valence electrons. The molecule has 0 amide bonds. The minimum absolute atomic E-state index is 0.128. The summed E-state index contributed by atoms with van der Waals surface area (Å²) in [5, 5.41) is 0. The molecule has 1 nitrogen and oxygen atoms in total. The third-order valence-electron chi connectivity index (χ3n) is 3.49. The van der Waals surface area contributed by atoms with E-state index in [1.165, 1.54) is 51.4 Å². The van der Waals surface area contributed by atoms with Gasteiger partial charge in [-0.15, -0.1) is 0 Å². The molecule has 0 saturated carbocycles. The Hall–Kier alpha value is -0.300. The lowest BCUT2D eigenvalue weighted by Gasteiger charge is -2.23. The maximum atomic E-state index is 6.26. The third-order valence-corrected chi connectivity index (χ3v) is 3.49. The first-order valence-corrected chi connectivity index (χ1v) is 6.71. The van der Waals surface area contributed by atoms with E-state index in [0.29, 0.717) is 0 Å². The highest BCUT2D eigenvalue weighted by Crippen LogP contribution is 2.26. The van der Waals surface area contributed by atoms with Crippen LogP contribution in [0.25, 0.3) is 0 Å². The Kier molecular flexibility index (Phi) is 6.00. The lowest BCUT2D eigenvalue weighted by Crippen LogP contribution is -2.36. The van der Waals surface area contributed by atoms with Crippen LogP contribution in [0, 0.1) is 0 Å². The van der Waals surface area contributed by atoms with Crippen LogP contribution < -0.4 is 5.73 Å². The first-order chi connectivity index (χ1) is 7.27. The summed E-state index contributed by atoms with van der Waals surface area (Å²) in [7, 11) is 0. The van der Waals surface area contributed by atoms with E-state index in [9.17, 15) is 0 Å². The van der Waals surface area contributed by atoms with Crippen molar-refractivity contribution in [1.29, 1.82) is 0 Å². The topological polar surface area (TPSA) is 26.0 Å². The Bertz CT molecular complexity index is 176. The van der Waals surface area contributed by atoms with Crippen LogP contribution in [0.2, 0.25) is 0 Å². The SMILES string of the molecule is CCCCCCCCCC1(N)CC=CC1. The molecule has 0 heterocycles. The van der Waals surface area contributed by atoms with Gasteiger partial charge in [0.1, 0.15) is 0 Å². The summed E-state index contributed by atoms with van der Waals surface area (Å²) in [5.74, 6) is 0. The highest BCUT2D eigenvalue weighted by atomic mass is 14.7. The Morgan fingerprint density at radius 2 is 1.47 bits per heavy atom. The Morgan fingerprint density at radius 1 is 0.933 bits per heavy atom. The van der Waals surface area contributed by atoms with Crippen LogP contribution in [0.1, 0.15) is 71.1 Å². The summed E-state index contributed by atoms with van der Waals surface area (Å²) >= 11 is 0. The van der Waals surface area contributed by atoms with E-state index >= 15 is 0 Å². The lowest BCUT2D eigenvalue weighted by molar-refractivity contribution is 0.395. The van der Waals surface area contributed by atoms with Gasteiger partial charge in [0.25, 0.3) is 0 Å². The van der Waals surface area contributed by atoms with E-state index in [1.807, 2.05) is 0 Å². The maximum absolute atomic E-state index is 6.26. The zero-order chi connectivity index (χ0) is 11.0. The number of nitrogens with two attached hydrogens (primary N) is 1. The van der Waals surface area contributed by atoms with Gasteiger partial charge in [0.2, 0.25) is 0 Å². The van der Waals surface area contributed by atoms with Crippen LogP contribution in [-0.4, -0.2) is 5.54 Å². The fourth-order valence-corrected chi connectivity index (χ4v) is 2.36. The van der Waals surface area contributed by atoms with Gasteiger partial charge in [-0.2, -0.15) is 0 Å². The fourth-order valence-electron chi connectivity index (χ4n) is 2.36. The second kappa shape index (κ2) is 7.05. The van der Waals surface area contributed by atoms with E-state index in [4.69, 9.17) is 5.73 Å². The molecule has 0 aliphatic heterocycles. The van der Waals surface area contributed by atoms with Gasteiger partial charge in [0, 0.05) is 5.54 Å². The van der Waals surface area contributed by atoms with Crippen molar-refractivity contribution in [3.8, 4) is 0 Å². The summed E-state index contributed by atoms with van der Waals surface area (Å²) in [6, 6.07) is 0. The van der Waals surface area contributed by atoms with Crippen LogP contribution in [0.3, 0.4) is 0 Å². The number of rotatable bonds is 8. The van der Waals surface area contributed by atoms with Gasteiger partial charge >= 0.3 is 0 Å². The molecule has 0 radical (unpaired) electrons. The van der Waals surface area contributed by atoms with Crippen LogP contribution in [-0.2, 0) is 0 Å². The Morgan fingerprint density at radius 3 is 2.07 bits per heavy atom. The zero-order valence-corrected chi connectivity index (χ0v) is 10.3. The summed E-state index contributed by atoms with van der Waals surface area (Å²) < 4.78 is 0. The minimum atomic E-state index is 0.128. The first-order valence-electron chi connectivity index (χ1n) is 6.71. The van der Waals surface area contributed by atoms with Crippen molar-refractivity contribution < 1.29 is 0 Å². The lowest BCUT2D eigenvalue weighted by atomic mass is 9.91. The van der Waals surface area contributed by atoms with Crippen molar-refractivity contribution in [3.63, 3.8) is 0 Å². The molecule has 15 heavy (non-hydrogen) atoms. The molecule has 2 N–H and O–H groups in total. The molecule has 0 aromatic heterocycles. The van der Waals surface area contributed by atoms with Crippen LogP contribution in [0.4, 0.5) is 0 Å². The second-order valence-corrected chi connectivity index (χ2v) is 5.11. The minimum Gasteiger partial charge on any atom is -0.325 e. The van der Waals surface area contributed by atoms with Gasteiger partial charge in [0.05, 0.1) is 0 Å². The average molecular weight is 209 g/mol. The Balaban J connectivity index is 1.88. The standard InChI is InChI=1S/C14H27N/c1-2-3-4-5-6-7-8-11-14(15)12-9-10-13-14/h9-10H,2-8,11-13,15H2,1H3. The van der Waals surface area contributed by atoms with Gasteiger partial charge in [-0.3, -0.25) is 0 Å². The summed E-state index contributed by atoms with van der Waals surface area (Å²) in [6.45, 7) is 2.27.